The summed E-state index contributed by atoms with van der Waals surface area (Å²) < 4.78 is 0. The van der Waals surface area contributed by atoms with Gasteiger partial charge in [0.15, 0.2) is 0 Å². The van der Waals surface area contributed by atoms with Crippen LogP contribution < -0.4 is 11.1 Å². The molecule has 0 amide bonds. The molecule has 0 atom stereocenters. The van der Waals surface area contributed by atoms with Gasteiger partial charge in [-0.3, -0.25) is 0 Å². The highest BCUT2D eigenvalue weighted by atomic mass is 32.1. The quantitative estimate of drug-likeness (QED) is 0.491. The minimum absolute atomic E-state index is 0. The Bertz CT molecular complexity index is 429. The molecule has 2 rings (SSSR count). The highest BCUT2D eigenvalue weighted by molar-refractivity contribution is 7.80. The third-order valence-corrected chi connectivity index (χ3v) is 2.85. The summed E-state index contributed by atoms with van der Waals surface area (Å²) in [4.78, 5) is 0.896. The Balaban J connectivity index is 0. The molecule has 1 aliphatic carbocycles. The first kappa shape index (κ1) is 19.6. The van der Waals surface area contributed by atoms with Gasteiger partial charge in [0, 0.05) is 37.0 Å². The molecule has 0 aromatic heterocycles. The van der Waals surface area contributed by atoms with Gasteiger partial charge in [-0.1, -0.05) is 51.3 Å². The monoisotopic (exact) mass is 309 g/mol. The SMILES string of the molecule is C1CC1.CC(C)CC(=N)c1ccccc1S.CN/C=C\N.[HH]. The summed E-state index contributed by atoms with van der Waals surface area (Å²) in [6, 6.07) is 7.76. The molecular formula is C17H31N3S. The predicted octanol–water partition coefficient (Wildman–Crippen LogP) is 4.44. The fourth-order valence-electron chi connectivity index (χ4n) is 1.34. The number of nitrogens with two attached hydrogens (primary N) is 1. The standard InChI is InChI=1S/C11H15NS.C3H8N2.C3H6.H2/c1-8(2)7-10(12)9-5-3-4-6-11(9)13;1-5-3-2-4;1-2-3-1;/h3-6,8,12-13H,7H2,1-2H3;2-3,5H,4H2,1H3;1-3H2;1H/b;3-2-;;. The van der Waals surface area contributed by atoms with Gasteiger partial charge in [0.05, 0.1) is 0 Å². The number of benzene rings is 1. The maximum atomic E-state index is 7.85. The smallest absolute Gasteiger partial charge is 0.0399 e. The van der Waals surface area contributed by atoms with Crippen LogP contribution in [0.3, 0.4) is 0 Å². The minimum Gasteiger partial charge on any atom is -0.403 e. The van der Waals surface area contributed by atoms with Crippen LogP contribution in [0.1, 0.15) is 46.5 Å². The van der Waals surface area contributed by atoms with Crippen LogP contribution in [0.25, 0.3) is 0 Å². The second-order valence-corrected chi connectivity index (χ2v) is 5.78. The molecule has 3 nitrogen and oxygen atoms in total. The highest BCUT2D eigenvalue weighted by Gasteiger charge is 2.06. The molecule has 0 spiro atoms. The zero-order valence-corrected chi connectivity index (χ0v) is 14.3. The number of nitrogens with one attached hydrogen (secondary N) is 2. The van der Waals surface area contributed by atoms with E-state index in [1.165, 1.54) is 25.5 Å². The molecule has 4 heteroatoms. The molecule has 0 unspecified atom stereocenters. The van der Waals surface area contributed by atoms with Gasteiger partial charge < -0.3 is 16.5 Å². The van der Waals surface area contributed by atoms with Gasteiger partial charge in [-0.2, -0.15) is 0 Å². The van der Waals surface area contributed by atoms with Crippen LogP contribution in [0.2, 0.25) is 0 Å². The first-order valence-corrected chi connectivity index (χ1v) is 7.87. The number of hydrogen-bond donors (Lipinski definition) is 4. The van der Waals surface area contributed by atoms with E-state index < -0.39 is 0 Å². The largest absolute Gasteiger partial charge is 0.403 e. The molecule has 0 heterocycles. The highest BCUT2D eigenvalue weighted by Crippen LogP contribution is 2.16. The lowest BCUT2D eigenvalue weighted by Crippen LogP contribution is -2.04. The second kappa shape index (κ2) is 12.3. The first-order chi connectivity index (χ1) is 10.0. The number of thiol groups is 1. The van der Waals surface area contributed by atoms with Crippen molar-refractivity contribution in [2.24, 2.45) is 11.7 Å². The average Bonchev–Trinajstić information content (AvgIpc) is 3.28. The normalized spacial score (nSPS) is 12.0. The lowest BCUT2D eigenvalue weighted by atomic mass is 10.0. The van der Waals surface area contributed by atoms with Gasteiger partial charge in [0.2, 0.25) is 0 Å². The minimum atomic E-state index is 0. The average molecular weight is 310 g/mol. The lowest BCUT2D eigenvalue weighted by molar-refractivity contribution is 0.682. The van der Waals surface area contributed by atoms with Crippen LogP contribution >= 0.6 is 12.6 Å². The summed E-state index contributed by atoms with van der Waals surface area (Å²) in [5.74, 6) is 0.528. The maximum Gasteiger partial charge on any atom is 0.0399 e. The predicted molar refractivity (Wildman–Crippen MR) is 98.3 cm³/mol. The molecule has 1 aromatic rings. The Morgan fingerprint density at radius 2 is 1.95 bits per heavy atom. The summed E-state index contributed by atoms with van der Waals surface area (Å²) >= 11 is 4.32. The molecule has 21 heavy (non-hydrogen) atoms. The van der Waals surface area contributed by atoms with Crippen LogP contribution in [0.4, 0.5) is 0 Å². The van der Waals surface area contributed by atoms with Crippen LogP contribution in [-0.2, 0) is 0 Å². The Hall–Kier alpha value is -1.42. The van der Waals surface area contributed by atoms with E-state index in [-0.39, 0.29) is 1.43 Å². The second-order valence-electron chi connectivity index (χ2n) is 5.30. The zero-order chi connectivity index (χ0) is 16.1. The summed E-state index contributed by atoms with van der Waals surface area (Å²) in [7, 11) is 1.80. The van der Waals surface area contributed by atoms with Crippen molar-refractivity contribution in [3.05, 3.63) is 42.2 Å². The third kappa shape index (κ3) is 12.1. The molecule has 1 saturated carbocycles. The van der Waals surface area contributed by atoms with Crippen molar-refractivity contribution in [1.29, 1.82) is 5.41 Å². The van der Waals surface area contributed by atoms with Crippen molar-refractivity contribution < 1.29 is 1.43 Å². The molecule has 1 aromatic carbocycles. The van der Waals surface area contributed by atoms with E-state index in [0.29, 0.717) is 11.6 Å². The van der Waals surface area contributed by atoms with Crippen LogP contribution in [0.15, 0.2) is 41.6 Å². The van der Waals surface area contributed by atoms with Gasteiger partial charge in [-0.05, 0) is 18.4 Å². The molecule has 1 aliphatic rings. The van der Waals surface area contributed by atoms with Gasteiger partial charge in [-0.25, -0.2) is 0 Å². The topological polar surface area (TPSA) is 61.9 Å². The fraction of sp³-hybridized carbons (Fsp3) is 0.471. The summed E-state index contributed by atoms with van der Waals surface area (Å²) in [6.45, 7) is 4.24. The Morgan fingerprint density at radius 3 is 2.29 bits per heavy atom. The van der Waals surface area contributed by atoms with Gasteiger partial charge in [-0.15, -0.1) is 12.6 Å². The van der Waals surface area contributed by atoms with Crippen molar-refractivity contribution >= 4 is 18.3 Å². The molecule has 0 bridgehead atoms. The molecule has 0 saturated heterocycles. The van der Waals surface area contributed by atoms with E-state index in [0.717, 1.165) is 16.9 Å². The maximum absolute atomic E-state index is 7.85. The van der Waals surface area contributed by atoms with E-state index in [1.807, 2.05) is 24.3 Å². The van der Waals surface area contributed by atoms with Crippen molar-refractivity contribution in [2.75, 3.05) is 7.05 Å². The van der Waals surface area contributed by atoms with Gasteiger partial charge in [0.1, 0.15) is 0 Å². The van der Waals surface area contributed by atoms with Crippen molar-refractivity contribution in [3.63, 3.8) is 0 Å². The van der Waals surface area contributed by atoms with E-state index in [2.05, 4.69) is 31.8 Å². The summed E-state index contributed by atoms with van der Waals surface area (Å²) in [6.07, 6.45) is 8.41. The summed E-state index contributed by atoms with van der Waals surface area (Å²) in [5.41, 5.74) is 6.53. The van der Waals surface area contributed by atoms with Gasteiger partial charge in [0.25, 0.3) is 0 Å². The van der Waals surface area contributed by atoms with Crippen molar-refractivity contribution in [2.45, 2.75) is 44.4 Å². The molecule has 0 radical (unpaired) electrons. The van der Waals surface area contributed by atoms with Crippen molar-refractivity contribution in [3.8, 4) is 0 Å². The van der Waals surface area contributed by atoms with Crippen LogP contribution in [-0.4, -0.2) is 12.8 Å². The van der Waals surface area contributed by atoms with E-state index in [9.17, 15) is 0 Å². The van der Waals surface area contributed by atoms with E-state index >= 15 is 0 Å². The van der Waals surface area contributed by atoms with Crippen molar-refractivity contribution in [1.82, 2.24) is 5.32 Å². The molecule has 120 valence electrons. The van der Waals surface area contributed by atoms with Crippen LogP contribution in [0, 0.1) is 11.3 Å². The first-order valence-electron chi connectivity index (χ1n) is 7.42. The molecular weight excluding hydrogens is 278 g/mol. The Kier molecular flexibility index (Phi) is 11.5. The number of rotatable bonds is 4. The van der Waals surface area contributed by atoms with Gasteiger partial charge >= 0.3 is 0 Å². The third-order valence-electron chi connectivity index (χ3n) is 2.46. The van der Waals surface area contributed by atoms with E-state index in [4.69, 9.17) is 11.1 Å². The lowest BCUT2D eigenvalue weighted by Gasteiger charge is -2.08. The molecule has 1 fully saturated rings. The zero-order valence-electron chi connectivity index (χ0n) is 13.4. The summed E-state index contributed by atoms with van der Waals surface area (Å²) in [5, 5.41) is 10.6. The molecule has 0 aliphatic heterocycles. The van der Waals surface area contributed by atoms with Crippen LogP contribution in [0.5, 0.6) is 0 Å². The molecule has 4 N–H and O–H groups in total. The fourth-order valence-corrected chi connectivity index (χ4v) is 1.64. The Morgan fingerprint density at radius 1 is 1.38 bits per heavy atom. The Labute approximate surface area is 136 Å². The van der Waals surface area contributed by atoms with E-state index in [1.54, 1.807) is 13.2 Å². The number of hydrogen-bond acceptors (Lipinski definition) is 4.